The van der Waals surface area contributed by atoms with Crippen LogP contribution < -0.4 is 9.47 Å². The van der Waals surface area contributed by atoms with E-state index in [9.17, 15) is 4.39 Å². The molecule has 0 atom stereocenters. The zero-order chi connectivity index (χ0) is 13.1. The van der Waals surface area contributed by atoms with Gasteiger partial charge in [0, 0.05) is 6.07 Å². The van der Waals surface area contributed by atoms with Crippen LogP contribution in [0.5, 0.6) is 17.8 Å². The minimum atomic E-state index is -0.610. The van der Waals surface area contributed by atoms with Crippen LogP contribution in [0.25, 0.3) is 0 Å². The molecular weight excluding hydrogens is 284 g/mol. The first kappa shape index (κ1) is 12.8. The Kier molecular flexibility index (Phi) is 3.78. The number of benzene rings is 1. The van der Waals surface area contributed by atoms with Crippen molar-refractivity contribution in [3.8, 4) is 17.8 Å². The zero-order valence-corrected chi connectivity index (χ0v) is 10.5. The Bertz CT molecular complexity index is 583. The molecule has 0 saturated heterocycles. The van der Waals surface area contributed by atoms with Gasteiger partial charge in [0.05, 0.1) is 12.1 Å². The van der Waals surface area contributed by atoms with Crippen LogP contribution in [-0.2, 0) is 0 Å². The van der Waals surface area contributed by atoms with Crippen molar-refractivity contribution in [1.29, 1.82) is 0 Å². The van der Waals surface area contributed by atoms with Crippen molar-refractivity contribution in [2.45, 2.75) is 0 Å². The molecule has 0 aliphatic heterocycles. The summed E-state index contributed by atoms with van der Waals surface area (Å²) >= 11 is 11.2. The van der Waals surface area contributed by atoms with Gasteiger partial charge in [-0.1, -0.05) is 11.6 Å². The first-order chi connectivity index (χ1) is 8.58. The Morgan fingerprint density at radius 1 is 1.11 bits per heavy atom. The standard InChI is InChI=1S/C10H6Cl2FN3O2/c1-17-9-14-8(12)15-10(16-9)18-5-2-3-6(11)7(13)4-5/h2-4H,1H3. The van der Waals surface area contributed by atoms with Crippen LogP contribution in [0, 0.1) is 5.82 Å². The molecule has 94 valence electrons. The SMILES string of the molecule is COc1nc(Cl)nc(Oc2ccc(Cl)c(F)c2)n1. The van der Waals surface area contributed by atoms with Gasteiger partial charge in [0.1, 0.15) is 11.6 Å². The minimum absolute atomic E-state index is 0.000523. The summed E-state index contributed by atoms with van der Waals surface area (Å²) in [6, 6.07) is 3.82. The first-order valence-electron chi connectivity index (χ1n) is 4.67. The monoisotopic (exact) mass is 289 g/mol. The Morgan fingerprint density at radius 3 is 2.50 bits per heavy atom. The lowest BCUT2D eigenvalue weighted by molar-refractivity contribution is 0.358. The minimum Gasteiger partial charge on any atom is -0.467 e. The third-order valence-corrected chi connectivity index (χ3v) is 2.33. The summed E-state index contributed by atoms with van der Waals surface area (Å²) in [5, 5.41) is -0.0973. The number of halogens is 3. The summed E-state index contributed by atoms with van der Waals surface area (Å²) < 4.78 is 23.2. The van der Waals surface area contributed by atoms with E-state index in [1.807, 2.05) is 0 Å². The number of hydrogen-bond donors (Lipinski definition) is 0. The molecule has 1 aromatic carbocycles. The quantitative estimate of drug-likeness (QED) is 0.869. The fraction of sp³-hybridized carbons (Fsp3) is 0.100. The van der Waals surface area contributed by atoms with Gasteiger partial charge in [-0.3, -0.25) is 0 Å². The van der Waals surface area contributed by atoms with Gasteiger partial charge in [0.25, 0.3) is 0 Å². The van der Waals surface area contributed by atoms with Crippen molar-refractivity contribution in [2.75, 3.05) is 7.11 Å². The maximum absolute atomic E-state index is 13.2. The molecule has 1 heterocycles. The van der Waals surface area contributed by atoms with Gasteiger partial charge >= 0.3 is 12.0 Å². The van der Waals surface area contributed by atoms with Crippen LogP contribution >= 0.6 is 23.2 Å². The molecule has 0 aliphatic rings. The molecule has 0 bridgehead atoms. The average molecular weight is 290 g/mol. The van der Waals surface area contributed by atoms with Crippen LogP contribution in [-0.4, -0.2) is 22.1 Å². The van der Waals surface area contributed by atoms with Gasteiger partial charge in [-0.2, -0.15) is 9.97 Å². The summed E-state index contributed by atoms with van der Waals surface area (Å²) in [5.41, 5.74) is 0. The zero-order valence-electron chi connectivity index (χ0n) is 9.02. The van der Waals surface area contributed by atoms with Crippen molar-refractivity contribution in [2.24, 2.45) is 0 Å². The molecule has 0 fully saturated rings. The molecule has 0 amide bonds. The Morgan fingerprint density at radius 2 is 1.83 bits per heavy atom. The third kappa shape index (κ3) is 2.96. The molecule has 18 heavy (non-hydrogen) atoms. The Balaban J connectivity index is 2.27. The van der Waals surface area contributed by atoms with Crippen molar-refractivity contribution in [3.05, 3.63) is 34.3 Å². The lowest BCUT2D eigenvalue weighted by Gasteiger charge is -2.05. The third-order valence-electron chi connectivity index (χ3n) is 1.85. The largest absolute Gasteiger partial charge is 0.467 e. The predicted octanol–water partition coefficient (Wildman–Crippen LogP) is 3.12. The molecule has 2 rings (SSSR count). The summed E-state index contributed by atoms with van der Waals surface area (Å²) in [5.74, 6) is -0.428. The van der Waals surface area contributed by atoms with Crippen molar-refractivity contribution < 1.29 is 13.9 Å². The van der Waals surface area contributed by atoms with E-state index in [1.54, 1.807) is 0 Å². The summed E-state index contributed by atoms with van der Waals surface area (Å²) in [6.07, 6.45) is 0. The smallest absolute Gasteiger partial charge is 0.329 e. The number of ether oxygens (including phenoxy) is 2. The van der Waals surface area contributed by atoms with Crippen LogP contribution in [0.4, 0.5) is 4.39 Å². The van der Waals surface area contributed by atoms with Crippen LogP contribution in [0.2, 0.25) is 10.3 Å². The molecular formula is C10H6Cl2FN3O2. The molecule has 1 aromatic heterocycles. The van der Waals surface area contributed by atoms with E-state index >= 15 is 0 Å². The van der Waals surface area contributed by atoms with E-state index in [0.29, 0.717) is 0 Å². The highest BCUT2D eigenvalue weighted by Gasteiger charge is 2.09. The van der Waals surface area contributed by atoms with E-state index in [0.717, 1.165) is 6.07 Å². The molecule has 0 saturated carbocycles. The van der Waals surface area contributed by atoms with Gasteiger partial charge in [0.2, 0.25) is 5.28 Å². The van der Waals surface area contributed by atoms with E-state index < -0.39 is 5.82 Å². The fourth-order valence-corrected chi connectivity index (χ4v) is 1.36. The number of methoxy groups -OCH3 is 1. The summed E-state index contributed by atoms with van der Waals surface area (Å²) in [7, 11) is 1.37. The van der Waals surface area contributed by atoms with Gasteiger partial charge < -0.3 is 9.47 Å². The Labute approximate surface area is 112 Å². The maximum Gasteiger partial charge on any atom is 0.329 e. The second-order valence-corrected chi connectivity index (χ2v) is 3.80. The van der Waals surface area contributed by atoms with Crippen LogP contribution in [0.15, 0.2) is 18.2 Å². The van der Waals surface area contributed by atoms with Crippen molar-refractivity contribution >= 4 is 23.2 Å². The van der Waals surface area contributed by atoms with Crippen LogP contribution in [0.1, 0.15) is 0 Å². The van der Waals surface area contributed by atoms with Crippen LogP contribution in [0.3, 0.4) is 0 Å². The number of rotatable bonds is 3. The highest BCUT2D eigenvalue weighted by Crippen LogP contribution is 2.24. The number of aromatic nitrogens is 3. The van der Waals surface area contributed by atoms with E-state index in [4.69, 9.17) is 32.7 Å². The van der Waals surface area contributed by atoms with E-state index in [1.165, 1.54) is 19.2 Å². The molecule has 0 N–H and O–H groups in total. The Hall–Kier alpha value is -1.66. The maximum atomic E-state index is 13.2. The van der Waals surface area contributed by atoms with E-state index in [2.05, 4.69) is 15.0 Å². The second-order valence-electron chi connectivity index (χ2n) is 3.05. The first-order valence-corrected chi connectivity index (χ1v) is 5.42. The molecule has 0 spiro atoms. The predicted molar refractivity (Wildman–Crippen MR) is 62.9 cm³/mol. The topological polar surface area (TPSA) is 57.1 Å². The van der Waals surface area contributed by atoms with E-state index in [-0.39, 0.29) is 28.1 Å². The molecule has 2 aromatic rings. The highest BCUT2D eigenvalue weighted by atomic mass is 35.5. The second kappa shape index (κ2) is 5.32. The molecule has 0 unspecified atom stereocenters. The average Bonchev–Trinajstić information content (AvgIpc) is 2.33. The molecule has 8 heteroatoms. The normalized spacial score (nSPS) is 10.2. The fourth-order valence-electron chi connectivity index (χ4n) is 1.10. The molecule has 0 radical (unpaired) electrons. The molecule has 5 nitrogen and oxygen atoms in total. The van der Waals surface area contributed by atoms with Crippen molar-refractivity contribution in [3.63, 3.8) is 0 Å². The van der Waals surface area contributed by atoms with Gasteiger partial charge in [0.15, 0.2) is 0 Å². The number of nitrogens with zero attached hydrogens (tertiary/aromatic N) is 3. The van der Waals surface area contributed by atoms with Gasteiger partial charge in [-0.05, 0) is 23.7 Å². The highest BCUT2D eigenvalue weighted by molar-refractivity contribution is 6.30. The lowest BCUT2D eigenvalue weighted by atomic mass is 10.3. The van der Waals surface area contributed by atoms with Gasteiger partial charge in [-0.25, -0.2) is 4.39 Å². The van der Waals surface area contributed by atoms with Gasteiger partial charge in [-0.15, -0.1) is 4.98 Å². The summed E-state index contributed by atoms with van der Waals surface area (Å²) in [6.45, 7) is 0. The summed E-state index contributed by atoms with van der Waals surface area (Å²) in [4.78, 5) is 11.2. The molecule has 0 aliphatic carbocycles. The number of hydrogen-bond acceptors (Lipinski definition) is 5. The van der Waals surface area contributed by atoms with Crippen molar-refractivity contribution in [1.82, 2.24) is 15.0 Å². The lowest BCUT2D eigenvalue weighted by Crippen LogP contribution is -1.98.